The van der Waals surface area contributed by atoms with Crippen LogP contribution in [0.4, 0.5) is 11.4 Å². The zero-order valence-corrected chi connectivity index (χ0v) is 11.1. The van der Waals surface area contributed by atoms with Crippen molar-refractivity contribution in [1.82, 2.24) is 0 Å². The molecule has 1 aromatic rings. The summed E-state index contributed by atoms with van der Waals surface area (Å²) in [4.78, 5) is 10.5. The van der Waals surface area contributed by atoms with Gasteiger partial charge in [0.2, 0.25) is 0 Å². The minimum Gasteiger partial charge on any atom is -0.508 e. The number of phenols is 1. The largest absolute Gasteiger partial charge is 0.508 e. The molecule has 0 amide bonds. The van der Waals surface area contributed by atoms with Gasteiger partial charge in [0.05, 0.1) is 11.0 Å². The Balaban J connectivity index is 2.12. The van der Waals surface area contributed by atoms with Gasteiger partial charge < -0.3 is 10.4 Å². The molecule has 5 nitrogen and oxygen atoms in total. The number of nitro groups is 1. The number of anilines is 1. The van der Waals surface area contributed by atoms with E-state index in [0.29, 0.717) is 5.69 Å². The summed E-state index contributed by atoms with van der Waals surface area (Å²) in [5.74, 6) is 0.661. The van der Waals surface area contributed by atoms with E-state index in [9.17, 15) is 15.2 Å². The van der Waals surface area contributed by atoms with Gasteiger partial charge in [-0.1, -0.05) is 19.8 Å². The van der Waals surface area contributed by atoms with E-state index < -0.39 is 4.92 Å². The second-order valence-corrected chi connectivity index (χ2v) is 5.41. The molecule has 0 spiro atoms. The predicted octanol–water partition coefficient (Wildman–Crippen LogP) is 3.68. The van der Waals surface area contributed by atoms with Crippen LogP contribution in [0.2, 0.25) is 0 Å². The molecule has 0 bridgehead atoms. The van der Waals surface area contributed by atoms with Crippen LogP contribution >= 0.6 is 0 Å². The summed E-state index contributed by atoms with van der Waals surface area (Å²) in [6, 6.07) is 4.55. The van der Waals surface area contributed by atoms with Gasteiger partial charge in [0.1, 0.15) is 11.4 Å². The van der Waals surface area contributed by atoms with Crippen LogP contribution in [0.15, 0.2) is 18.2 Å². The average molecular weight is 264 g/mol. The van der Waals surface area contributed by atoms with Gasteiger partial charge in [-0.05, 0) is 37.3 Å². The lowest BCUT2D eigenvalue weighted by molar-refractivity contribution is -0.384. The smallest absolute Gasteiger partial charge is 0.296 e. The van der Waals surface area contributed by atoms with Crippen molar-refractivity contribution in [3.8, 4) is 5.75 Å². The zero-order chi connectivity index (χ0) is 13.8. The maximum absolute atomic E-state index is 11.0. The van der Waals surface area contributed by atoms with Gasteiger partial charge in [-0.15, -0.1) is 0 Å². The van der Waals surface area contributed by atoms with Gasteiger partial charge in [0.25, 0.3) is 5.69 Å². The molecule has 0 radical (unpaired) electrons. The molecule has 0 heterocycles. The summed E-state index contributed by atoms with van der Waals surface area (Å²) in [5.41, 5.74) is 0.444. The van der Waals surface area contributed by atoms with Crippen molar-refractivity contribution in [3.63, 3.8) is 0 Å². The highest BCUT2D eigenvalue weighted by molar-refractivity contribution is 5.64. The minimum absolute atomic E-state index is 0.0581. The number of phenolic OH excluding ortho intramolecular Hbond substituents is 1. The van der Waals surface area contributed by atoms with Crippen molar-refractivity contribution in [2.75, 3.05) is 5.32 Å². The molecular formula is C14H20N2O3. The highest BCUT2D eigenvalue weighted by atomic mass is 16.6. The number of nitro benzene ring substituents is 1. The fraction of sp³-hybridized carbons (Fsp3) is 0.571. The van der Waals surface area contributed by atoms with E-state index in [2.05, 4.69) is 12.2 Å². The molecule has 19 heavy (non-hydrogen) atoms. The maximum Gasteiger partial charge on any atom is 0.296 e. The van der Waals surface area contributed by atoms with Gasteiger partial charge in [-0.25, -0.2) is 0 Å². The second-order valence-electron chi connectivity index (χ2n) is 5.41. The number of aromatic hydroxyl groups is 1. The monoisotopic (exact) mass is 264 g/mol. The third-order valence-electron chi connectivity index (χ3n) is 3.80. The van der Waals surface area contributed by atoms with Crippen molar-refractivity contribution >= 4 is 11.4 Å². The standard InChI is InChI=1S/C14H20N2O3/c1-10-3-2-4-11(6-5-10)15-13-8-7-12(17)9-14(13)16(18)19/h7-11,15,17H,2-6H2,1H3. The first kappa shape index (κ1) is 13.6. The number of nitrogens with zero attached hydrogens (tertiary/aromatic N) is 1. The van der Waals surface area contributed by atoms with Gasteiger partial charge in [0.15, 0.2) is 0 Å². The third kappa shape index (κ3) is 3.59. The molecule has 2 unspecified atom stereocenters. The first-order valence-electron chi connectivity index (χ1n) is 6.80. The van der Waals surface area contributed by atoms with Gasteiger partial charge in [-0.3, -0.25) is 10.1 Å². The van der Waals surface area contributed by atoms with Crippen LogP contribution in [-0.4, -0.2) is 16.1 Å². The van der Waals surface area contributed by atoms with Crippen LogP contribution in [0.25, 0.3) is 0 Å². The SMILES string of the molecule is CC1CCCC(Nc2ccc(O)cc2[N+](=O)[O-])CC1. The summed E-state index contributed by atoms with van der Waals surface area (Å²) in [7, 11) is 0. The molecule has 5 heteroatoms. The molecule has 1 aliphatic carbocycles. The van der Waals surface area contributed by atoms with E-state index in [0.717, 1.165) is 31.6 Å². The van der Waals surface area contributed by atoms with E-state index >= 15 is 0 Å². The first-order chi connectivity index (χ1) is 9.06. The number of hydrogen-bond donors (Lipinski definition) is 2. The van der Waals surface area contributed by atoms with Crippen molar-refractivity contribution in [1.29, 1.82) is 0 Å². The summed E-state index contributed by atoms with van der Waals surface area (Å²) in [5, 5.41) is 23.6. The Labute approximate surface area is 112 Å². The fourth-order valence-corrected chi connectivity index (χ4v) is 2.64. The lowest BCUT2D eigenvalue weighted by Crippen LogP contribution is -2.19. The fourth-order valence-electron chi connectivity index (χ4n) is 2.64. The first-order valence-corrected chi connectivity index (χ1v) is 6.80. The van der Waals surface area contributed by atoms with Gasteiger partial charge in [0, 0.05) is 6.04 Å². The normalized spacial score (nSPS) is 23.6. The Bertz CT molecular complexity index is 462. The average Bonchev–Trinajstić information content (AvgIpc) is 2.56. The molecule has 1 aromatic carbocycles. The van der Waals surface area contributed by atoms with Crippen molar-refractivity contribution in [2.24, 2.45) is 5.92 Å². The lowest BCUT2D eigenvalue weighted by atomic mass is 10.0. The summed E-state index contributed by atoms with van der Waals surface area (Å²) in [6.07, 6.45) is 5.63. The number of rotatable bonds is 3. The number of nitrogens with one attached hydrogen (secondary N) is 1. The molecule has 2 rings (SSSR count). The quantitative estimate of drug-likeness (QED) is 0.378. The minimum atomic E-state index is -0.457. The zero-order valence-electron chi connectivity index (χ0n) is 11.1. The lowest BCUT2D eigenvalue weighted by Gasteiger charge is -2.17. The van der Waals surface area contributed by atoms with Gasteiger partial charge in [-0.2, -0.15) is 0 Å². The number of benzene rings is 1. The maximum atomic E-state index is 11.0. The molecule has 0 aliphatic heterocycles. The molecule has 1 aliphatic rings. The Hall–Kier alpha value is -1.78. The second kappa shape index (κ2) is 5.91. The van der Waals surface area contributed by atoms with E-state index in [1.54, 1.807) is 6.07 Å². The van der Waals surface area contributed by atoms with Gasteiger partial charge >= 0.3 is 0 Å². The highest BCUT2D eigenvalue weighted by Crippen LogP contribution is 2.31. The van der Waals surface area contributed by atoms with Crippen molar-refractivity contribution in [3.05, 3.63) is 28.3 Å². The summed E-state index contributed by atoms with van der Waals surface area (Å²) < 4.78 is 0. The molecule has 2 N–H and O–H groups in total. The summed E-state index contributed by atoms with van der Waals surface area (Å²) >= 11 is 0. The molecule has 2 atom stereocenters. The Morgan fingerprint density at radius 2 is 2.11 bits per heavy atom. The highest BCUT2D eigenvalue weighted by Gasteiger charge is 2.20. The van der Waals surface area contributed by atoms with Crippen molar-refractivity contribution in [2.45, 2.75) is 45.1 Å². The van der Waals surface area contributed by atoms with Crippen LogP contribution in [-0.2, 0) is 0 Å². The molecule has 0 saturated heterocycles. The van der Waals surface area contributed by atoms with Crippen LogP contribution in [0, 0.1) is 16.0 Å². The number of hydrogen-bond acceptors (Lipinski definition) is 4. The predicted molar refractivity (Wildman–Crippen MR) is 74.4 cm³/mol. The topological polar surface area (TPSA) is 75.4 Å². The van der Waals surface area contributed by atoms with Crippen molar-refractivity contribution < 1.29 is 10.0 Å². The van der Waals surface area contributed by atoms with Crippen LogP contribution in [0.5, 0.6) is 5.75 Å². The third-order valence-corrected chi connectivity index (χ3v) is 3.80. The molecule has 1 saturated carbocycles. The van der Waals surface area contributed by atoms with E-state index in [1.165, 1.54) is 18.6 Å². The van der Waals surface area contributed by atoms with Crippen LogP contribution < -0.4 is 5.32 Å². The van der Waals surface area contributed by atoms with E-state index in [1.807, 2.05) is 0 Å². The molecule has 0 aromatic heterocycles. The Morgan fingerprint density at radius 1 is 1.32 bits per heavy atom. The molecule has 1 fully saturated rings. The summed E-state index contributed by atoms with van der Waals surface area (Å²) in [6.45, 7) is 2.26. The molecular weight excluding hydrogens is 244 g/mol. The van der Waals surface area contributed by atoms with E-state index in [-0.39, 0.29) is 17.5 Å². The Morgan fingerprint density at radius 3 is 2.84 bits per heavy atom. The Kier molecular flexibility index (Phi) is 4.24. The van der Waals surface area contributed by atoms with Crippen LogP contribution in [0.1, 0.15) is 39.0 Å². The van der Waals surface area contributed by atoms with Crippen LogP contribution in [0.3, 0.4) is 0 Å². The van der Waals surface area contributed by atoms with E-state index in [4.69, 9.17) is 0 Å². The molecule has 104 valence electrons.